The van der Waals surface area contributed by atoms with Gasteiger partial charge in [0.1, 0.15) is 12.1 Å². The van der Waals surface area contributed by atoms with Gasteiger partial charge in [0.15, 0.2) is 5.78 Å². The van der Waals surface area contributed by atoms with Crippen molar-refractivity contribution in [2.24, 2.45) is 0 Å². The molecule has 0 atom stereocenters. The minimum atomic E-state index is -0.521. The van der Waals surface area contributed by atoms with E-state index < -0.39 is 5.82 Å². The average molecular weight is 295 g/mol. The van der Waals surface area contributed by atoms with Gasteiger partial charge in [-0.25, -0.2) is 14.4 Å². The molecule has 0 unspecified atom stereocenters. The Hall–Kier alpha value is -1.62. The van der Waals surface area contributed by atoms with E-state index in [4.69, 9.17) is 0 Å². The molecule has 0 fully saturated rings. The average Bonchev–Trinajstić information content (AvgIpc) is 2.33. The van der Waals surface area contributed by atoms with Gasteiger partial charge in [-0.2, -0.15) is 0 Å². The fourth-order valence-electron chi connectivity index (χ4n) is 1.39. The fourth-order valence-corrected chi connectivity index (χ4v) is 1.75. The molecule has 0 bridgehead atoms. The Kier molecular flexibility index (Phi) is 3.58. The minimum Gasteiger partial charge on any atom is -0.294 e. The number of carbonyl (C=O) groups excluding carboxylic acids is 1. The van der Waals surface area contributed by atoms with Crippen molar-refractivity contribution >= 4 is 21.7 Å². The van der Waals surface area contributed by atoms with Gasteiger partial charge in [0.2, 0.25) is 0 Å². The molecule has 0 saturated heterocycles. The van der Waals surface area contributed by atoms with Crippen LogP contribution in [0.3, 0.4) is 0 Å². The lowest BCUT2D eigenvalue weighted by Crippen LogP contribution is -2.07. The highest BCUT2D eigenvalue weighted by atomic mass is 79.9. The number of halogens is 2. The lowest BCUT2D eigenvalue weighted by atomic mass is 10.1. The zero-order valence-electron chi connectivity index (χ0n) is 8.73. The van der Waals surface area contributed by atoms with Crippen LogP contribution in [0, 0.1) is 5.82 Å². The number of nitrogens with zero attached hydrogens (tertiary/aromatic N) is 2. The molecular weight excluding hydrogens is 287 g/mol. The standard InChI is InChI=1S/C12H8BrFN2O/c13-8-1-2-11(14)10(5-8)12(17)6-9-3-4-15-7-16-9/h1-5,7H,6H2. The van der Waals surface area contributed by atoms with Gasteiger partial charge in [-0.05, 0) is 24.3 Å². The molecule has 5 heteroatoms. The molecule has 2 rings (SSSR count). The van der Waals surface area contributed by atoms with Crippen LogP contribution in [0.1, 0.15) is 16.1 Å². The van der Waals surface area contributed by atoms with Crippen LogP contribution in [-0.4, -0.2) is 15.8 Å². The maximum atomic E-state index is 13.4. The Labute approximate surface area is 106 Å². The summed E-state index contributed by atoms with van der Waals surface area (Å²) in [6.45, 7) is 0. The van der Waals surface area contributed by atoms with E-state index in [0.717, 1.165) is 0 Å². The zero-order valence-corrected chi connectivity index (χ0v) is 10.3. The van der Waals surface area contributed by atoms with Gasteiger partial charge < -0.3 is 0 Å². The molecule has 0 N–H and O–H groups in total. The Bertz CT molecular complexity index is 545. The lowest BCUT2D eigenvalue weighted by molar-refractivity contribution is 0.0988. The molecular formula is C12H8BrFN2O. The molecule has 86 valence electrons. The molecule has 2 aromatic rings. The third-order valence-electron chi connectivity index (χ3n) is 2.21. The summed E-state index contributed by atoms with van der Waals surface area (Å²) in [5, 5.41) is 0. The smallest absolute Gasteiger partial charge is 0.171 e. The Morgan fingerprint density at radius 1 is 1.35 bits per heavy atom. The van der Waals surface area contributed by atoms with Crippen LogP contribution in [-0.2, 0) is 6.42 Å². The monoisotopic (exact) mass is 294 g/mol. The number of aromatic nitrogens is 2. The largest absolute Gasteiger partial charge is 0.294 e. The molecule has 0 radical (unpaired) electrons. The quantitative estimate of drug-likeness (QED) is 0.818. The maximum absolute atomic E-state index is 13.4. The summed E-state index contributed by atoms with van der Waals surface area (Å²) < 4.78 is 14.1. The van der Waals surface area contributed by atoms with Gasteiger partial charge in [0.25, 0.3) is 0 Å². The number of Topliss-reactive ketones (excluding diaryl/α,β-unsaturated/α-hetero) is 1. The van der Waals surface area contributed by atoms with E-state index in [9.17, 15) is 9.18 Å². The second-order valence-corrected chi connectivity index (χ2v) is 4.34. The van der Waals surface area contributed by atoms with Crippen molar-refractivity contribution in [3.63, 3.8) is 0 Å². The number of carbonyl (C=O) groups is 1. The second-order valence-electron chi connectivity index (χ2n) is 3.42. The highest BCUT2D eigenvalue weighted by Crippen LogP contribution is 2.17. The topological polar surface area (TPSA) is 42.9 Å². The molecule has 0 amide bonds. The maximum Gasteiger partial charge on any atom is 0.171 e. The summed E-state index contributed by atoms with van der Waals surface area (Å²) in [6, 6.07) is 5.92. The van der Waals surface area contributed by atoms with Crippen molar-refractivity contribution in [3.05, 3.63) is 58.3 Å². The highest BCUT2D eigenvalue weighted by molar-refractivity contribution is 9.10. The summed E-state index contributed by atoms with van der Waals surface area (Å²) in [5.74, 6) is -0.824. The first kappa shape index (κ1) is 11.9. The third kappa shape index (κ3) is 2.94. The molecule has 1 aromatic carbocycles. The van der Waals surface area contributed by atoms with E-state index in [1.54, 1.807) is 18.3 Å². The first-order chi connectivity index (χ1) is 8.16. The van der Waals surface area contributed by atoms with Crippen LogP contribution in [0.4, 0.5) is 4.39 Å². The number of rotatable bonds is 3. The minimum absolute atomic E-state index is 0.0654. The SMILES string of the molecule is O=C(Cc1ccncn1)c1cc(Br)ccc1F. The van der Waals surface area contributed by atoms with Crippen LogP contribution in [0.15, 0.2) is 41.3 Å². The van der Waals surface area contributed by atoms with Gasteiger partial charge in [-0.1, -0.05) is 15.9 Å². The van der Waals surface area contributed by atoms with Crippen LogP contribution >= 0.6 is 15.9 Å². The van der Waals surface area contributed by atoms with E-state index in [1.165, 1.54) is 18.5 Å². The molecule has 0 spiro atoms. The predicted molar refractivity (Wildman–Crippen MR) is 64.2 cm³/mol. The van der Waals surface area contributed by atoms with Crippen LogP contribution < -0.4 is 0 Å². The van der Waals surface area contributed by atoms with Crippen LogP contribution in [0.2, 0.25) is 0 Å². The van der Waals surface area contributed by atoms with Crippen LogP contribution in [0.5, 0.6) is 0 Å². The van der Waals surface area contributed by atoms with E-state index in [-0.39, 0.29) is 17.8 Å². The molecule has 0 saturated carbocycles. The Balaban J connectivity index is 2.23. The van der Waals surface area contributed by atoms with Crippen molar-refractivity contribution in [1.82, 2.24) is 9.97 Å². The van der Waals surface area contributed by atoms with Gasteiger partial charge in [0.05, 0.1) is 17.7 Å². The first-order valence-corrected chi connectivity index (χ1v) is 5.69. The van der Waals surface area contributed by atoms with Crippen molar-refractivity contribution in [3.8, 4) is 0 Å². The summed E-state index contributed by atoms with van der Waals surface area (Å²) in [6.07, 6.45) is 2.97. The van der Waals surface area contributed by atoms with Gasteiger partial charge in [0, 0.05) is 10.7 Å². The number of ketones is 1. The third-order valence-corrected chi connectivity index (χ3v) is 2.71. The van der Waals surface area contributed by atoms with Crippen molar-refractivity contribution in [2.45, 2.75) is 6.42 Å². The van der Waals surface area contributed by atoms with E-state index in [2.05, 4.69) is 25.9 Å². The van der Waals surface area contributed by atoms with Crippen LogP contribution in [0.25, 0.3) is 0 Å². The van der Waals surface area contributed by atoms with Gasteiger partial charge in [-0.15, -0.1) is 0 Å². The molecule has 0 aliphatic rings. The molecule has 0 aliphatic heterocycles. The summed E-state index contributed by atoms with van der Waals surface area (Å²) in [7, 11) is 0. The molecule has 1 heterocycles. The van der Waals surface area contributed by atoms with Gasteiger partial charge in [-0.3, -0.25) is 4.79 Å². The predicted octanol–water partition coefficient (Wildman–Crippen LogP) is 2.80. The Morgan fingerprint density at radius 2 is 2.18 bits per heavy atom. The highest BCUT2D eigenvalue weighted by Gasteiger charge is 2.13. The van der Waals surface area contributed by atoms with Gasteiger partial charge >= 0.3 is 0 Å². The van der Waals surface area contributed by atoms with Crippen molar-refractivity contribution < 1.29 is 9.18 Å². The first-order valence-electron chi connectivity index (χ1n) is 4.90. The summed E-state index contributed by atoms with van der Waals surface area (Å²) >= 11 is 3.21. The fraction of sp³-hybridized carbons (Fsp3) is 0.0833. The van der Waals surface area contributed by atoms with Crippen molar-refractivity contribution in [2.75, 3.05) is 0 Å². The normalized spacial score (nSPS) is 10.2. The number of hydrogen-bond donors (Lipinski definition) is 0. The number of hydrogen-bond acceptors (Lipinski definition) is 3. The van der Waals surface area contributed by atoms with E-state index in [1.807, 2.05) is 0 Å². The second kappa shape index (κ2) is 5.14. The molecule has 17 heavy (non-hydrogen) atoms. The van der Waals surface area contributed by atoms with E-state index >= 15 is 0 Å². The number of benzene rings is 1. The molecule has 0 aliphatic carbocycles. The Morgan fingerprint density at radius 3 is 2.88 bits per heavy atom. The molecule has 1 aromatic heterocycles. The molecule has 3 nitrogen and oxygen atoms in total. The summed E-state index contributed by atoms with van der Waals surface area (Å²) in [5.41, 5.74) is 0.641. The summed E-state index contributed by atoms with van der Waals surface area (Å²) in [4.78, 5) is 19.5. The van der Waals surface area contributed by atoms with Crippen molar-refractivity contribution in [1.29, 1.82) is 0 Å². The zero-order chi connectivity index (χ0) is 12.3. The lowest BCUT2D eigenvalue weighted by Gasteiger charge is -2.02. The van der Waals surface area contributed by atoms with E-state index in [0.29, 0.717) is 10.2 Å².